The van der Waals surface area contributed by atoms with Gasteiger partial charge >= 0.3 is 0 Å². The van der Waals surface area contributed by atoms with Gasteiger partial charge in [0.25, 0.3) is 0 Å². The normalized spacial score (nSPS) is 14.6. The molecule has 2 aliphatic carbocycles. The van der Waals surface area contributed by atoms with Gasteiger partial charge in [0.05, 0.1) is 5.41 Å². The molecule has 1 unspecified atom stereocenters. The lowest BCUT2D eigenvalue weighted by atomic mass is 9.70. The van der Waals surface area contributed by atoms with Crippen molar-refractivity contribution in [2.45, 2.75) is 5.41 Å². The fraction of sp³-hybridized carbons (Fsp3) is 0.0182. The maximum Gasteiger partial charge on any atom is 0.0725 e. The molecule has 0 amide bonds. The van der Waals surface area contributed by atoms with Crippen molar-refractivity contribution in [2.75, 3.05) is 9.80 Å². The van der Waals surface area contributed by atoms with Crippen molar-refractivity contribution in [3.63, 3.8) is 0 Å². The van der Waals surface area contributed by atoms with Crippen molar-refractivity contribution < 1.29 is 0 Å². The second-order valence-electron chi connectivity index (χ2n) is 15.3. The van der Waals surface area contributed by atoms with Crippen LogP contribution in [0.2, 0.25) is 0 Å². The van der Waals surface area contributed by atoms with E-state index in [-0.39, 0.29) is 0 Å². The van der Waals surface area contributed by atoms with Crippen molar-refractivity contribution in [3.8, 4) is 22.3 Å². The van der Waals surface area contributed by atoms with Gasteiger partial charge in [0.2, 0.25) is 0 Å². The minimum Gasteiger partial charge on any atom is -0.310 e. The molecule has 2 aliphatic rings. The molecular formula is C55H36N2S. The highest BCUT2D eigenvalue weighted by atomic mass is 32.1. The van der Waals surface area contributed by atoms with Gasteiger partial charge in [-0.3, -0.25) is 0 Å². The van der Waals surface area contributed by atoms with E-state index >= 15 is 0 Å². The number of rotatable bonds is 6. The molecule has 0 saturated heterocycles. The third-order valence-electron chi connectivity index (χ3n) is 12.2. The van der Waals surface area contributed by atoms with E-state index < -0.39 is 5.41 Å². The quantitative estimate of drug-likeness (QED) is 0.167. The molecule has 0 radical (unpaired) electrons. The molecule has 2 nitrogen and oxygen atoms in total. The van der Waals surface area contributed by atoms with E-state index in [1.807, 2.05) is 11.3 Å². The molecule has 1 heterocycles. The molecule has 1 spiro atoms. The summed E-state index contributed by atoms with van der Waals surface area (Å²) in [6.07, 6.45) is 0. The molecule has 0 fully saturated rings. The van der Waals surface area contributed by atoms with E-state index in [9.17, 15) is 0 Å². The SMILES string of the molecule is c1ccc(N(c2ccccc2)c2ccc3c(c2)-c2ccccc2C32c3ccccc3-c3cc(N(c4ccccc4)c4ccc5sc6ccccc6c5c4)ccc32)cc1. The van der Waals surface area contributed by atoms with E-state index in [2.05, 4.69) is 228 Å². The second kappa shape index (κ2) is 12.9. The number of benzene rings is 9. The van der Waals surface area contributed by atoms with Crippen molar-refractivity contribution in [3.05, 3.63) is 241 Å². The Labute approximate surface area is 342 Å². The molecular weight excluding hydrogens is 721 g/mol. The molecule has 0 N–H and O–H groups in total. The molecule has 3 heteroatoms. The molecule has 272 valence electrons. The molecule has 12 rings (SSSR count). The summed E-state index contributed by atoms with van der Waals surface area (Å²) in [6.45, 7) is 0. The third kappa shape index (κ3) is 4.78. The predicted molar refractivity (Wildman–Crippen MR) is 245 cm³/mol. The van der Waals surface area contributed by atoms with E-state index in [4.69, 9.17) is 0 Å². The van der Waals surface area contributed by atoms with Crippen LogP contribution in [-0.4, -0.2) is 0 Å². The highest BCUT2D eigenvalue weighted by Crippen LogP contribution is 2.64. The minimum atomic E-state index is -0.453. The summed E-state index contributed by atoms with van der Waals surface area (Å²) in [5.41, 5.74) is 16.8. The van der Waals surface area contributed by atoms with Gasteiger partial charge in [-0.1, -0.05) is 133 Å². The number of hydrogen-bond acceptors (Lipinski definition) is 3. The Bertz CT molecular complexity index is 3150. The van der Waals surface area contributed by atoms with Crippen LogP contribution in [0.5, 0.6) is 0 Å². The van der Waals surface area contributed by atoms with Crippen molar-refractivity contribution in [1.29, 1.82) is 0 Å². The second-order valence-corrected chi connectivity index (χ2v) is 16.3. The van der Waals surface area contributed by atoms with Crippen LogP contribution in [0.1, 0.15) is 22.3 Å². The third-order valence-corrected chi connectivity index (χ3v) is 13.4. The Morgan fingerprint density at radius 1 is 0.276 bits per heavy atom. The summed E-state index contributed by atoms with van der Waals surface area (Å²) in [7, 11) is 0. The van der Waals surface area contributed by atoms with E-state index in [0.717, 1.165) is 34.1 Å². The lowest BCUT2D eigenvalue weighted by molar-refractivity contribution is 0.793. The standard InChI is InChI=1S/C55H36N2S/c1-4-16-37(17-5-1)56(38-18-6-2-7-19-38)40-28-31-51-46(34-40)43-22-10-13-25-49(43)55(51)50-26-14-11-23-44(50)47-35-41(29-32-52(47)55)57(39-20-8-3-9-21-39)42-30-33-54-48(36-42)45-24-12-15-27-53(45)58-54/h1-36H. The van der Waals surface area contributed by atoms with Crippen molar-refractivity contribution in [1.82, 2.24) is 0 Å². The number of nitrogens with zero attached hydrogens (tertiary/aromatic N) is 2. The van der Waals surface area contributed by atoms with Crippen LogP contribution in [0, 0.1) is 0 Å². The number of para-hydroxylation sites is 3. The van der Waals surface area contributed by atoms with Gasteiger partial charge in [-0.2, -0.15) is 0 Å². The molecule has 58 heavy (non-hydrogen) atoms. The Morgan fingerprint density at radius 3 is 1.22 bits per heavy atom. The number of anilines is 6. The van der Waals surface area contributed by atoms with Crippen LogP contribution in [-0.2, 0) is 5.41 Å². The maximum atomic E-state index is 2.44. The fourth-order valence-corrected chi connectivity index (χ4v) is 11.0. The summed E-state index contributed by atoms with van der Waals surface area (Å²) < 4.78 is 2.62. The zero-order valence-corrected chi connectivity index (χ0v) is 32.4. The van der Waals surface area contributed by atoms with Gasteiger partial charge in [0.1, 0.15) is 0 Å². The summed E-state index contributed by atoms with van der Waals surface area (Å²) in [5.74, 6) is 0. The topological polar surface area (TPSA) is 6.48 Å². The molecule has 1 atom stereocenters. The van der Waals surface area contributed by atoms with Crippen LogP contribution in [0.4, 0.5) is 34.1 Å². The van der Waals surface area contributed by atoms with E-state index in [0.29, 0.717) is 0 Å². The summed E-state index contributed by atoms with van der Waals surface area (Å²) in [5, 5.41) is 2.60. The smallest absolute Gasteiger partial charge is 0.0725 e. The Kier molecular flexibility index (Phi) is 7.35. The average molecular weight is 757 g/mol. The number of fused-ring (bicyclic) bond motifs is 13. The molecule has 10 aromatic rings. The fourth-order valence-electron chi connectivity index (χ4n) is 9.88. The zero-order chi connectivity index (χ0) is 38.2. The minimum absolute atomic E-state index is 0.453. The summed E-state index contributed by atoms with van der Waals surface area (Å²) in [6, 6.07) is 80.4. The molecule has 0 saturated carbocycles. The first kappa shape index (κ1) is 33.0. The Morgan fingerprint density at radius 2 is 0.672 bits per heavy atom. The van der Waals surface area contributed by atoms with Crippen LogP contribution in [0.15, 0.2) is 218 Å². The average Bonchev–Trinajstić information content (AvgIpc) is 3.91. The summed E-state index contributed by atoms with van der Waals surface area (Å²) in [4.78, 5) is 4.79. The van der Waals surface area contributed by atoms with Crippen LogP contribution in [0.25, 0.3) is 42.4 Å². The van der Waals surface area contributed by atoms with Crippen LogP contribution in [0.3, 0.4) is 0 Å². The maximum absolute atomic E-state index is 2.44. The number of thiophene rings is 1. The largest absolute Gasteiger partial charge is 0.310 e. The Balaban J connectivity index is 1.06. The molecule has 1 aromatic heterocycles. The monoisotopic (exact) mass is 756 g/mol. The Hall–Kier alpha value is -7.20. The first-order valence-corrected chi connectivity index (χ1v) is 20.7. The van der Waals surface area contributed by atoms with Gasteiger partial charge < -0.3 is 9.80 Å². The van der Waals surface area contributed by atoms with Gasteiger partial charge in [0.15, 0.2) is 0 Å². The highest BCUT2D eigenvalue weighted by molar-refractivity contribution is 7.25. The van der Waals surface area contributed by atoms with Crippen molar-refractivity contribution in [2.24, 2.45) is 0 Å². The lowest BCUT2D eigenvalue weighted by Crippen LogP contribution is -2.26. The zero-order valence-electron chi connectivity index (χ0n) is 31.6. The summed E-state index contributed by atoms with van der Waals surface area (Å²) >= 11 is 1.86. The van der Waals surface area contributed by atoms with Crippen molar-refractivity contribution >= 4 is 65.6 Å². The van der Waals surface area contributed by atoms with Crippen LogP contribution < -0.4 is 9.80 Å². The first-order chi connectivity index (χ1) is 28.8. The highest BCUT2D eigenvalue weighted by Gasteiger charge is 2.51. The van der Waals surface area contributed by atoms with Gasteiger partial charge in [-0.25, -0.2) is 0 Å². The molecule has 0 bridgehead atoms. The first-order valence-electron chi connectivity index (χ1n) is 19.9. The van der Waals surface area contributed by atoms with Gasteiger partial charge in [0, 0.05) is 54.3 Å². The lowest BCUT2D eigenvalue weighted by Gasteiger charge is -2.32. The predicted octanol–water partition coefficient (Wildman–Crippen LogP) is 15.3. The van der Waals surface area contributed by atoms with Gasteiger partial charge in [-0.05, 0) is 129 Å². The number of hydrogen-bond donors (Lipinski definition) is 0. The van der Waals surface area contributed by atoms with Gasteiger partial charge in [-0.15, -0.1) is 11.3 Å². The van der Waals surface area contributed by atoms with E-state index in [1.165, 1.54) is 64.7 Å². The van der Waals surface area contributed by atoms with Crippen LogP contribution >= 0.6 is 11.3 Å². The molecule has 0 aliphatic heterocycles. The molecule has 9 aromatic carbocycles. The van der Waals surface area contributed by atoms with E-state index in [1.54, 1.807) is 0 Å².